The predicted octanol–water partition coefficient (Wildman–Crippen LogP) is 4.81. The Kier molecular flexibility index (Phi) is 7.16. The fourth-order valence-corrected chi connectivity index (χ4v) is 4.48. The summed E-state index contributed by atoms with van der Waals surface area (Å²) in [5, 5.41) is 9.39. The molecule has 1 unspecified atom stereocenters. The fraction of sp³-hybridized carbons (Fsp3) is 0.455. The molecule has 2 N–H and O–H groups in total. The van der Waals surface area contributed by atoms with Gasteiger partial charge in [-0.25, -0.2) is 9.14 Å². The van der Waals surface area contributed by atoms with Gasteiger partial charge in [0.05, 0.1) is 5.69 Å². The van der Waals surface area contributed by atoms with Crippen LogP contribution in [0.4, 0.5) is 5.69 Å². The molecule has 2 aromatic carbocycles. The van der Waals surface area contributed by atoms with Crippen molar-refractivity contribution in [3.05, 3.63) is 48.5 Å². The summed E-state index contributed by atoms with van der Waals surface area (Å²) in [5.74, 6) is 1.07. The highest BCUT2D eigenvalue weighted by Gasteiger charge is 2.22. The lowest BCUT2D eigenvalue weighted by molar-refractivity contribution is -0.145. The van der Waals surface area contributed by atoms with Crippen LogP contribution in [0.2, 0.25) is 0 Å². The Labute approximate surface area is 176 Å². The standard InChI is InChI=1S/C22H28N2O4S/c25-17-8-10-18(11-9-17)27-19-12-14-24(15-13-19)29-21-6-2-1-5-20(21)23-28-22-7-3-4-16-26-22/h1-2,5-6,8-11,19,22-23,25H,3-4,7,12-16H2. The number of para-hydroxylation sites is 1. The molecule has 4 rings (SSSR count). The van der Waals surface area contributed by atoms with Crippen molar-refractivity contribution in [2.45, 2.75) is 49.4 Å². The molecule has 0 radical (unpaired) electrons. The Hall–Kier alpha value is -1.93. The van der Waals surface area contributed by atoms with Gasteiger partial charge < -0.3 is 14.6 Å². The average molecular weight is 417 g/mol. The number of hydrogen-bond acceptors (Lipinski definition) is 7. The van der Waals surface area contributed by atoms with E-state index in [1.807, 2.05) is 30.3 Å². The van der Waals surface area contributed by atoms with E-state index in [-0.39, 0.29) is 18.1 Å². The molecule has 29 heavy (non-hydrogen) atoms. The number of rotatable bonds is 7. The minimum atomic E-state index is -0.172. The first-order valence-electron chi connectivity index (χ1n) is 10.3. The highest BCUT2D eigenvalue weighted by atomic mass is 32.2. The summed E-state index contributed by atoms with van der Waals surface area (Å²) in [5.41, 5.74) is 4.07. The summed E-state index contributed by atoms with van der Waals surface area (Å²) in [6.45, 7) is 2.67. The molecule has 0 aromatic heterocycles. The van der Waals surface area contributed by atoms with Crippen LogP contribution in [0, 0.1) is 0 Å². The maximum absolute atomic E-state index is 9.39. The van der Waals surface area contributed by atoms with Crippen LogP contribution in [0.3, 0.4) is 0 Å². The topological polar surface area (TPSA) is 63.2 Å². The number of anilines is 1. The molecule has 6 nitrogen and oxygen atoms in total. The molecular formula is C22H28N2O4S. The molecule has 0 spiro atoms. The summed E-state index contributed by atoms with van der Waals surface area (Å²) in [7, 11) is 0. The Bertz CT molecular complexity index is 760. The molecule has 2 saturated heterocycles. The van der Waals surface area contributed by atoms with Crippen molar-refractivity contribution < 1.29 is 19.4 Å². The SMILES string of the molecule is Oc1ccc(OC2CCN(Sc3ccccc3NOC3CCCCO3)CC2)cc1. The van der Waals surface area contributed by atoms with Crippen molar-refractivity contribution in [2.75, 3.05) is 25.2 Å². The number of ether oxygens (including phenoxy) is 2. The Morgan fingerprint density at radius 3 is 2.55 bits per heavy atom. The second kappa shape index (κ2) is 10.2. The first kappa shape index (κ1) is 20.3. The van der Waals surface area contributed by atoms with E-state index in [1.54, 1.807) is 24.1 Å². The first-order valence-corrected chi connectivity index (χ1v) is 11.0. The maximum Gasteiger partial charge on any atom is 0.183 e. The lowest BCUT2D eigenvalue weighted by Crippen LogP contribution is -2.34. The number of nitrogens with zero attached hydrogens (tertiary/aromatic N) is 1. The fourth-order valence-electron chi connectivity index (χ4n) is 3.46. The summed E-state index contributed by atoms with van der Waals surface area (Å²) < 4.78 is 14.0. The van der Waals surface area contributed by atoms with Crippen molar-refractivity contribution >= 4 is 17.6 Å². The Balaban J connectivity index is 1.26. The number of aromatic hydroxyl groups is 1. The van der Waals surface area contributed by atoms with Crippen LogP contribution in [-0.2, 0) is 9.57 Å². The van der Waals surface area contributed by atoms with Gasteiger partial charge in [-0.15, -0.1) is 0 Å². The largest absolute Gasteiger partial charge is 0.508 e. The van der Waals surface area contributed by atoms with Crippen molar-refractivity contribution in [3.63, 3.8) is 0 Å². The molecule has 2 heterocycles. The minimum Gasteiger partial charge on any atom is -0.508 e. The van der Waals surface area contributed by atoms with Crippen LogP contribution in [-0.4, -0.2) is 41.5 Å². The quantitative estimate of drug-likeness (QED) is 0.496. The molecule has 0 saturated carbocycles. The molecule has 156 valence electrons. The van der Waals surface area contributed by atoms with Gasteiger partial charge in [-0.2, -0.15) is 0 Å². The molecule has 2 aliphatic heterocycles. The van der Waals surface area contributed by atoms with Gasteiger partial charge in [0.15, 0.2) is 6.29 Å². The predicted molar refractivity (Wildman–Crippen MR) is 114 cm³/mol. The first-order chi connectivity index (χ1) is 14.3. The maximum atomic E-state index is 9.39. The number of phenols is 1. The van der Waals surface area contributed by atoms with Gasteiger partial charge in [0.2, 0.25) is 0 Å². The monoisotopic (exact) mass is 416 g/mol. The normalized spacial score (nSPS) is 21.0. The lowest BCUT2D eigenvalue weighted by atomic mass is 10.1. The Morgan fingerprint density at radius 1 is 1.00 bits per heavy atom. The van der Waals surface area contributed by atoms with E-state index >= 15 is 0 Å². The van der Waals surface area contributed by atoms with Gasteiger partial charge in [-0.1, -0.05) is 12.1 Å². The van der Waals surface area contributed by atoms with Gasteiger partial charge >= 0.3 is 0 Å². The second-order valence-corrected chi connectivity index (χ2v) is 8.48. The highest BCUT2D eigenvalue weighted by Crippen LogP contribution is 2.33. The third kappa shape index (κ3) is 6.02. The zero-order chi connectivity index (χ0) is 19.9. The minimum absolute atomic E-state index is 0.172. The van der Waals surface area contributed by atoms with E-state index in [9.17, 15) is 5.11 Å². The van der Waals surface area contributed by atoms with E-state index in [1.165, 1.54) is 0 Å². The van der Waals surface area contributed by atoms with Crippen molar-refractivity contribution in [1.29, 1.82) is 0 Å². The molecular weight excluding hydrogens is 388 g/mol. The van der Waals surface area contributed by atoms with Crippen molar-refractivity contribution in [1.82, 2.24) is 4.31 Å². The molecule has 0 aliphatic carbocycles. The summed E-state index contributed by atoms with van der Waals surface area (Å²) in [6.07, 6.45) is 5.15. The summed E-state index contributed by atoms with van der Waals surface area (Å²) in [4.78, 5) is 6.89. The number of phenolic OH excluding ortho intramolecular Hbond substituents is 1. The highest BCUT2D eigenvalue weighted by molar-refractivity contribution is 7.97. The third-order valence-electron chi connectivity index (χ3n) is 5.09. The number of nitrogens with one attached hydrogen (secondary N) is 1. The van der Waals surface area contributed by atoms with Crippen LogP contribution < -0.4 is 10.2 Å². The van der Waals surface area contributed by atoms with Gasteiger partial charge in [0.1, 0.15) is 17.6 Å². The number of benzene rings is 2. The van der Waals surface area contributed by atoms with E-state index in [2.05, 4.69) is 15.9 Å². The van der Waals surface area contributed by atoms with Gasteiger partial charge in [-0.3, -0.25) is 5.48 Å². The molecule has 0 amide bonds. The van der Waals surface area contributed by atoms with Gasteiger partial charge in [-0.05, 0) is 74.0 Å². The van der Waals surface area contributed by atoms with Crippen molar-refractivity contribution in [3.8, 4) is 11.5 Å². The summed E-state index contributed by atoms with van der Waals surface area (Å²) in [6, 6.07) is 15.1. The number of hydrogen-bond donors (Lipinski definition) is 2. The van der Waals surface area contributed by atoms with Gasteiger partial charge in [0.25, 0.3) is 0 Å². The van der Waals surface area contributed by atoms with Crippen LogP contribution in [0.1, 0.15) is 32.1 Å². The van der Waals surface area contributed by atoms with Crippen LogP contribution in [0.5, 0.6) is 11.5 Å². The third-order valence-corrected chi connectivity index (χ3v) is 6.27. The molecule has 0 bridgehead atoms. The van der Waals surface area contributed by atoms with Crippen LogP contribution in [0.25, 0.3) is 0 Å². The zero-order valence-corrected chi connectivity index (χ0v) is 17.3. The lowest BCUT2D eigenvalue weighted by Gasteiger charge is -2.31. The molecule has 2 aromatic rings. The smallest absolute Gasteiger partial charge is 0.183 e. The second-order valence-electron chi connectivity index (χ2n) is 7.34. The Morgan fingerprint density at radius 2 is 1.79 bits per heavy atom. The molecule has 7 heteroatoms. The zero-order valence-electron chi connectivity index (χ0n) is 16.5. The number of piperidine rings is 1. The van der Waals surface area contributed by atoms with Crippen LogP contribution in [0.15, 0.2) is 53.4 Å². The van der Waals surface area contributed by atoms with E-state index in [0.29, 0.717) is 0 Å². The average Bonchev–Trinajstić information content (AvgIpc) is 2.77. The summed E-state index contributed by atoms with van der Waals surface area (Å²) >= 11 is 1.75. The van der Waals surface area contributed by atoms with E-state index < -0.39 is 0 Å². The van der Waals surface area contributed by atoms with Gasteiger partial charge in [0, 0.05) is 31.0 Å². The molecule has 2 fully saturated rings. The van der Waals surface area contributed by atoms with Crippen molar-refractivity contribution in [2.24, 2.45) is 0 Å². The molecule has 2 aliphatic rings. The van der Waals surface area contributed by atoms with Crippen LogP contribution >= 0.6 is 11.9 Å². The molecule has 1 atom stereocenters. The van der Waals surface area contributed by atoms with E-state index in [0.717, 1.165) is 68.1 Å². The van der Waals surface area contributed by atoms with E-state index in [4.69, 9.17) is 14.3 Å².